The Morgan fingerprint density at radius 1 is 1.08 bits per heavy atom. The van der Waals surface area contributed by atoms with Crippen LogP contribution in [0.5, 0.6) is 0 Å². The molecule has 1 saturated heterocycles. The zero-order valence-corrected chi connectivity index (χ0v) is 21.3. The zero-order chi connectivity index (χ0) is 27.3. The highest BCUT2D eigenvalue weighted by atomic mass is 16.3. The summed E-state index contributed by atoms with van der Waals surface area (Å²) < 4.78 is 3.10. The largest absolute Gasteiger partial charge is 0.381 e. The van der Waals surface area contributed by atoms with Crippen LogP contribution >= 0.6 is 0 Å². The van der Waals surface area contributed by atoms with Gasteiger partial charge in [0.2, 0.25) is 5.95 Å². The lowest BCUT2D eigenvalue weighted by Crippen LogP contribution is -2.49. The lowest BCUT2D eigenvalue weighted by Gasteiger charge is -2.36. The Hall–Kier alpha value is -4.78. The minimum Gasteiger partial charge on any atom is -0.381 e. The van der Waals surface area contributed by atoms with Crippen LogP contribution in [0, 0.1) is 0 Å². The van der Waals surface area contributed by atoms with E-state index in [9.17, 15) is 19.5 Å². The number of aromatic amines is 1. The highest BCUT2D eigenvalue weighted by Gasteiger charge is 2.33. The molecule has 0 saturated carbocycles. The normalized spacial score (nSPS) is 14.8. The fourth-order valence-electron chi connectivity index (χ4n) is 4.97. The number of fused-ring (bicyclic) bond motifs is 3. The molecule has 198 valence electrons. The third-order valence-corrected chi connectivity index (χ3v) is 6.89. The number of rotatable bonds is 4. The molecule has 1 aliphatic rings. The monoisotopic (exact) mass is 527 g/mol. The molecule has 5 aromatic heterocycles. The molecule has 13 nitrogen and oxygen atoms in total. The Morgan fingerprint density at radius 2 is 1.82 bits per heavy atom. The predicted octanol–water partition coefficient (Wildman–Crippen LogP) is 1.21. The number of carbonyl (C=O) groups excluding carboxylic acids is 1. The number of hydrogen-bond donors (Lipinski definition) is 2. The number of pyridine rings is 2. The lowest BCUT2D eigenvalue weighted by atomic mass is 10.0. The number of amides is 1. The van der Waals surface area contributed by atoms with E-state index < -0.39 is 16.9 Å². The first-order valence-corrected chi connectivity index (χ1v) is 12.5. The maximum Gasteiger partial charge on any atom is 0.329 e. The van der Waals surface area contributed by atoms with Gasteiger partial charge in [-0.1, -0.05) is 0 Å². The molecule has 2 N–H and O–H groups in total. The number of likely N-dealkylation sites (tertiary alicyclic amines) is 1. The lowest BCUT2D eigenvalue weighted by molar-refractivity contribution is -0.149. The van der Waals surface area contributed by atoms with Crippen molar-refractivity contribution >= 4 is 27.8 Å². The molecule has 0 aromatic carbocycles. The molecule has 0 radical (unpaired) electrons. The fraction of sp³-hybridized carbons (Fsp3) is 0.308. The Bertz CT molecular complexity index is 1810. The van der Waals surface area contributed by atoms with Crippen molar-refractivity contribution in [3.63, 3.8) is 0 Å². The summed E-state index contributed by atoms with van der Waals surface area (Å²) in [6.07, 6.45) is 9.02. The minimum atomic E-state index is -1.48. The molecule has 6 heterocycles. The number of piperidine rings is 1. The summed E-state index contributed by atoms with van der Waals surface area (Å²) in [5.41, 5.74) is -0.0712. The molecule has 13 heteroatoms. The van der Waals surface area contributed by atoms with Crippen LogP contribution in [0.1, 0.15) is 32.7 Å². The van der Waals surface area contributed by atoms with Gasteiger partial charge in [0.15, 0.2) is 0 Å². The number of aliphatic hydroxyl groups is 1. The van der Waals surface area contributed by atoms with E-state index in [0.29, 0.717) is 59.7 Å². The van der Waals surface area contributed by atoms with Crippen molar-refractivity contribution in [1.82, 2.24) is 44.2 Å². The van der Waals surface area contributed by atoms with Crippen LogP contribution in [-0.4, -0.2) is 73.9 Å². The molecular formula is C26H25N9O4. The molecule has 5 aromatic rings. The molecule has 0 atom stereocenters. The standard InChI is InChI=1S/C26H25N9O4/c1-26(2,39)23(37)33-10-6-16(7-11-33)35-21-17(22(36)32-25(35)38)14-27-19-5-4-18(31-20(19)21)15-12-28-24(29-13-15)34-9-3-8-30-34/h3-5,8-9,12-14,16,39H,6-7,10-11H2,1-2H3,(H,32,36,38). The SMILES string of the molecule is CC(C)(O)C(=O)N1CCC(n2c(=O)[nH]c(=O)c3cnc4ccc(-c5cnc(-n6cccn6)nc5)nc4c32)CC1. The van der Waals surface area contributed by atoms with Crippen molar-refractivity contribution in [2.45, 2.75) is 38.3 Å². The average molecular weight is 528 g/mol. The molecule has 6 rings (SSSR count). The Balaban J connectivity index is 1.44. The average Bonchev–Trinajstić information content (AvgIpc) is 3.47. The Morgan fingerprint density at radius 3 is 2.49 bits per heavy atom. The van der Waals surface area contributed by atoms with Gasteiger partial charge >= 0.3 is 5.69 Å². The van der Waals surface area contributed by atoms with Crippen LogP contribution in [0.25, 0.3) is 39.1 Å². The molecule has 0 bridgehead atoms. The molecule has 1 fully saturated rings. The van der Waals surface area contributed by atoms with Gasteiger partial charge in [0.1, 0.15) is 11.1 Å². The van der Waals surface area contributed by atoms with E-state index in [4.69, 9.17) is 4.98 Å². The van der Waals surface area contributed by atoms with Gasteiger partial charge in [-0.15, -0.1) is 0 Å². The molecule has 0 unspecified atom stereocenters. The summed E-state index contributed by atoms with van der Waals surface area (Å²) in [4.78, 5) is 60.5. The van der Waals surface area contributed by atoms with E-state index in [1.807, 2.05) is 0 Å². The predicted molar refractivity (Wildman–Crippen MR) is 141 cm³/mol. The second-order valence-corrected chi connectivity index (χ2v) is 10.0. The first kappa shape index (κ1) is 24.6. The van der Waals surface area contributed by atoms with Crippen LogP contribution in [0.3, 0.4) is 0 Å². The molecule has 39 heavy (non-hydrogen) atoms. The Labute approximate surface area is 220 Å². The second-order valence-electron chi connectivity index (χ2n) is 10.0. The fourth-order valence-corrected chi connectivity index (χ4v) is 4.97. The summed E-state index contributed by atoms with van der Waals surface area (Å²) >= 11 is 0. The van der Waals surface area contributed by atoms with E-state index in [0.717, 1.165) is 0 Å². The summed E-state index contributed by atoms with van der Waals surface area (Å²) in [7, 11) is 0. The maximum atomic E-state index is 13.2. The summed E-state index contributed by atoms with van der Waals surface area (Å²) in [5.74, 6) is 0.0489. The van der Waals surface area contributed by atoms with E-state index in [1.165, 1.54) is 20.0 Å². The van der Waals surface area contributed by atoms with E-state index >= 15 is 0 Å². The molecule has 0 aliphatic carbocycles. The van der Waals surface area contributed by atoms with Gasteiger partial charge in [-0.25, -0.2) is 24.4 Å². The summed E-state index contributed by atoms with van der Waals surface area (Å²) in [5, 5.41) is 14.5. The number of carbonyl (C=O) groups is 1. The molecule has 0 spiro atoms. The first-order chi connectivity index (χ1) is 18.7. The van der Waals surface area contributed by atoms with Crippen LogP contribution in [0.4, 0.5) is 0 Å². The van der Waals surface area contributed by atoms with Gasteiger partial charge in [-0.3, -0.25) is 24.1 Å². The van der Waals surface area contributed by atoms with E-state index in [1.54, 1.807) is 57.1 Å². The van der Waals surface area contributed by atoms with Gasteiger partial charge < -0.3 is 10.0 Å². The second kappa shape index (κ2) is 9.20. The van der Waals surface area contributed by atoms with Crippen molar-refractivity contribution < 1.29 is 9.90 Å². The molecular weight excluding hydrogens is 502 g/mol. The number of nitrogens with zero attached hydrogens (tertiary/aromatic N) is 8. The van der Waals surface area contributed by atoms with E-state index in [-0.39, 0.29) is 17.3 Å². The number of aromatic nitrogens is 8. The van der Waals surface area contributed by atoms with Crippen molar-refractivity contribution in [2.24, 2.45) is 0 Å². The number of hydrogen-bond acceptors (Lipinski definition) is 9. The molecule has 1 amide bonds. The zero-order valence-electron chi connectivity index (χ0n) is 21.3. The minimum absolute atomic E-state index is 0.243. The number of H-pyrrole nitrogens is 1. The van der Waals surface area contributed by atoms with Crippen molar-refractivity contribution in [2.75, 3.05) is 13.1 Å². The van der Waals surface area contributed by atoms with Crippen LogP contribution in [0.15, 0.2) is 58.8 Å². The van der Waals surface area contributed by atoms with Crippen molar-refractivity contribution in [3.05, 3.63) is 70.0 Å². The highest BCUT2D eigenvalue weighted by molar-refractivity contribution is 6.01. The first-order valence-electron chi connectivity index (χ1n) is 12.5. The topological polar surface area (TPSA) is 165 Å². The number of nitrogens with one attached hydrogen (secondary N) is 1. The van der Waals surface area contributed by atoms with Crippen molar-refractivity contribution in [1.29, 1.82) is 0 Å². The van der Waals surface area contributed by atoms with Crippen LogP contribution in [-0.2, 0) is 4.79 Å². The summed E-state index contributed by atoms with van der Waals surface area (Å²) in [6, 6.07) is 5.04. The van der Waals surface area contributed by atoms with Crippen LogP contribution < -0.4 is 11.2 Å². The highest BCUT2D eigenvalue weighted by Crippen LogP contribution is 2.29. The molecule has 1 aliphatic heterocycles. The quantitative estimate of drug-likeness (QED) is 0.327. The third-order valence-electron chi connectivity index (χ3n) is 6.89. The van der Waals surface area contributed by atoms with Crippen molar-refractivity contribution in [3.8, 4) is 17.2 Å². The van der Waals surface area contributed by atoms with Gasteiger partial charge in [0.25, 0.3) is 11.5 Å². The van der Waals surface area contributed by atoms with Gasteiger partial charge in [-0.05, 0) is 44.9 Å². The smallest absolute Gasteiger partial charge is 0.329 e. The Kier molecular flexibility index (Phi) is 5.79. The van der Waals surface area contributed by atoms with Gasteiger partial charge in [-0.2, -0.15) is 5.10 Å². The maximum absolute atomic E-state index is 13.2. The van der Waals surface area contributed by atoms with Gasteiger partial charge in [0.05, 0.1) is 22.1 Å². The third kappa shape index (κ3) is 4.36. The summed E-state index contributed by atoms with van der Waals surface area (Å²) in [6.45, 7) is 3.64. The van der Waals surface area contributed by atoms with Crippen LogP contribution in [0.2, 0.25) is 0 Å². The van der Waals surface area contributed by atoms with Gasteiger partial charge in [0, 0.05) is 55.7 Å². The van der Waals surface area contributed by atoms with E-state index in [2.05, 4.69) is 25.0 Å².